The second kappa shape index (κ2) is 12.3. The van der Waals surface area contributed by atoms with Gasteiger partial charge >= 0.3 is 11.9 Å². The van der Waals surface area contributed by atoms with Crippen molar-refractivity contribution < 1.29 is 42.1 Å². The maximum Gasteiger partial charge on any atom is 0.366 e. The van der Waals surface area contributed by atoms with Gasteiger partial charge in [0.2, 0.25) is 0 Å². The van der Waals surface area contributed by atoms with Gasteiger partial charge in [0, 0.05) is 6.42 Å². The molecule has 9 nitrogen and oxygen atoms in total. The number of carbonyl (C=O) groups is 2. The van der Waals surface area contributed by atoms with E-state index in [9.17, 15) is 9.59 Å². The third kappa shape index (κ3) is 8.20. The summed E-state index contributed by atoms with van der Waals surface area (Å²) in [5.41, 5.74) is -0.384. The Morgan fingerprint density at radius 1 is 0.921 bits per heavy atom. The average Bonchev–Trinajstić information content (AvgIpc) is 3.57. The van der Waals surface area contributed by atoms with Crippen LogP contribution < -0.4 is 0 Å². The van der Waals surface area contributed by atoms with E-state index in [1.165, 1.54) is 0 Å². The van der Waals surface area contributed by atoms with E-state index in [0.717, 1.165) is 5.56 Å². The Morgan fingerprint density at radius 3 is 2.11 bits per heavy atom. The molecule has 2 saturated heterocycles. The average molecular weight is 569 g/mol. The monoisotopic (exact) mass is 568 g/mol. The molecule has 0 unspecified atom stereocenters. The van der Waals surface area contributed by atoms with E-state index in [-0.39, 0.29) is 32.2 Å². The summed E-state index contributed by atoms with van der Waals surface area (Å²) in [6, 6.07) is 9.88. The fraction of sp³-hybridized carbons (Fsp3) is 0.704. The molecule has 0 saturated carbocycles. The summed E-state index contributed by atoms with van der Waals surface area (Å²) in [7, 11) is -4.71. The van der Waals surface area contributed by atoms with Crippen LogP contribution in [-0.2, 0) is 48.7 Å². The number of carbonyl (C=O) groups excluding carboxylic acids is 2. The van der Waals surface area contributed by atoms with Gasteiger partial charge in [-0.2, -0.15) is 0 Å². The molecule has 11 heteroatoms. The molecule has 2 aliphatic heterocycles. The molecular weight excluding hydrogens is 524 g/mol. The molecule has 0 spiro atoms. The van der Waals surface area contributed by atoms with Crippen LogP contribution in [0.5, 0.6) is 0 Å². The van der Waals surface area contributed by atoms with E-state index in [2.05, 4.69) is 0 Å². The Kier molecular flexibility index (Phi) is 9.99. The lowest BCUT2D eigenvalue weighted by atomic mass is 9.83. The lowest BCUT2D eigenvalue weighted by molar-refractivity contribution is -0.281. The van der Waals surface area contributed by atoms with Gasteiger partial charge < -0.3 is 32.5 Å². The van der Waals surface area contributed by atoms with Gasteiger partial charge in [-0.15, -0.1) is 0 Å². The molecule has 0 aliphatic carbocycles. The maximum absolute atomic E-state index is 13.6. The SMILES string of the molecule is CCOC(=O)[C@]1(O[Si](C)(C)C)C[C@@H]([C@@H]2O[C@H]2COCc2ccccc2)O[C@](O[Si](C)(C)C)(C(=O)OCC)C1. The van der Waals surface area contributed by atoms with Crippen molar-refractivity contribution in [2.45, 2.75) is 102 Å². The van der Waals surface area contributed by atoms with E-state index < -0.39 is 52.2 Å². The zero-order chi connectivity index (χ0) is 28.2. The van der Waals surface area contributed by atoms with Gasteiger partial charge in [0.1, 0.15) is 12.2 Å². The summed E-state index contributed by atoms with van der Waals surface area (Å²) in [5, 5.41) is 0. The highest BCUT2D eigenvalue weighted by atomic mass is 28.4. The van der Waals surface area contributed by atoms with Crippen LogP contribution in [0.25, 0.3) is 0 Å². The number of esters is 2. The van der Waals surface area contributed by atoms with Crippen LogP contribution in [0.2, 0.25) is 39.3 Å². The largest absolute Gasteiger partial charge is 0.464 e. The highest BCUT2D eigenvalue weighted by Crippen LogP contribution is 2.47. The van der Waals surface area contributed by atoms with Crippen LogP contribution in [0.1, 0.15) is 32.3 Å². The van der Waals surface area contributed by atoms with Gasteiger partial charge in [0.25, 0.3) is 5.79 Å². The van der Waals surface area contributed by atoms with E-state index in [0.29, 0.717) is 13.2 Å². The van der Waals surface area contributed by atoms with Crippen LogP contribution in [0.3, 0.4) is 0 Å². The summed E-state index contributed by atoms with van der Waals surface area (Å²) < 4.78 is 42.3. The Labute approximate surface area is 228 Å². The lowest BCUT2D eigenvalue weighted by Gasteiger charge is -2.50. The minimum absolute atomic E-state index is 0.140. The van der Waals surface area contributed by atoms with E-state index in [4.69, 9.17) is 32.5 Å². The number of hydrogen-bond acceptors (Lipinski definition) is 9. The second-order valence-corrected chi connectivity index (χ2v) is 20.7. The number of epoxide rings is 1. The van der Waals surface area contributed by atoms with Gasteiger partial charge in [-0.3, -0.25) is 0 Å². The third-order valence-electron chi connectivity index (χ3n) is 5.98. The fourth-order valence-electron chi connectivity index (χ4n) is 4.85. The van der Waals surface area contributed by atoms with Crippen molar-refractivity contribution >= 4 is 28.6 Å². The third-order valence-corrected chi connectivity index (χ3v) is 7.92. The van der Waals surface area contributed by atoms with Crippen LogP contribution in [0.4, 0.5) is 0 Å². The van der Waals surface area contributed by atoms with Crippen molar-refractivity contribution in [2.75, 3.05) is 19.8 Å². The molecule has 2 heterocycles. The maximum atomic E-state index is 13.6. The minimum Gasteiger partial charge on any atom is -0.464 e. The number of ether oxygens (including phenoxy) is 5. The highest BCUT2D eigenvalue weighted by molar-refractivity contribution is 6.70. The smallest absolute Gasteiger partial charge is 0.366 e. The Bertz CT molecular complexity index is 900. The van der Waals surface area contributed by atoms with Crippen LogP contribution in [0, 0.1) is 0 Å². The van der Waals surface area contributed by atoms with Crippen LogP contribution in [-0.4, -0.2) is 78.1 Å². The topological polar surface area (TPSA) is 102 Å². The van der Waals surface area contributed by atoms with Crippen molar-refractivity contribution in [3.8, 4) is 0 Å². The standard InChI is InChI=1S/C27H44O9Si2/c1-9-31-24(28)26(35-37(3,4)5)16-21(23-22(33-23)18-30-17-20-14-12-11-13-15-20)34-27(19-26,25(29)32-10-2)36-38(6,7)8/h11-15,21-23H,9-10,16-19H2,1-8H3/t21-,22-,23-,26-,27+/m0/s1. The first-order chi connectivity index (χ1) is 17.7. The number of rotatable bonds is 13. The Balaban J connectivity index is 1.91. The van der Waals surface area contributed by atoms with Gasteiger partial charge in [-0.05, 0) is 58.7 Å². The van der Waals surface area contributed by atoms with Gasteiger partial charge in [-0.25, -0.2) is 9.59 Å². The van der Waals surface area contributed by atoms with Gasteiger partial charge in [-0.1, -0.05) is 30.3 Å². The molecule has 2 fully saturated rings. The summed E-state index contributed by atoms with van der Waals surface area (Å²) in [6.07, 6.45) is -1.29. The summed E-state index contributed by atoms with van der Waals surface area (Å²) >= 11 is 0. The van der Waals surface area contributed by atoms with Crippen molar-refractivity contribution in [1.82, 2.24) is 0 Å². The second-order valence-electron chi connectivity index (χ2n) is 11.8. The van der Waals surface area contributed by atoms with E-state index in [1.807, 2.05) is 69.6 Å². The lowest BCUT2D eigenvalue weighted by Crippen LogP contribution is -2.66. The molecule has 3 rings (SSSR count). The predicted octanol–water partition coefficient (Wildman–Crippen LogP) is 4.41. The highest BCUT2D eigenvalue weighted by Gasteiger charge is 2.65. The molecular formula is C27H44O9Si2. The summed E-state index contributed by atoms with van der Waals surface area (Å²) in [5.74, 6) is -3.02. The quantitative estimate of drug-likeness (QED) is 0.194. The minimum atomic E-state index is -2.39. The number of benzene rings is 1. The van der Waals surface area contributed by atoms with Crippen molar-refractivity contribution in [3.63, 3.8) is 0 Å². The zero-order valence-electron chi connectivity index (χ0n) is 24.0. The first kappa shape index (κ1) is 30.9. The van der Waals surface area contributed by atoms with Crippen LogP contribution >= 0.6 is 0 Å². The normalized spacial score (nSPS) is 29.5. The Morgan fingerprint density at radius 2 is 1.53 bits per heavy atom. The molecule has 38 heavy (non-hydrogen) atoms. The van der Waals surface area contributed by atoms with Crippen molar-refractivity contribution in [1.29, 1.82) is 0 Å². The molecule has 0 aromatic heterocycles. The van der Waals surface area contributed by atoms with Crippen molar-refractivity contribution in [2.24, 2.45) is 0 Å². The predicted molar refractivity (Wildman–Crippen MR) is 146 cm³/mol. The van der Waals surface area contributed by atoms with Gasteiger partial charge in [0.05, 0.1) is 39.0 Å². The van der Waals surface area contributed by atoms with E-state index >= 15 is 0 Å². The van der Waals surface area contributed by atoms with E-state index in [1.54, 1.807) is 13.8 Å². The molecule has 214 valence electrons. The first-order valence-corrected chi connectivity index (χ1v) is 20.2. The zero-order valence-corrected chi connectivity index (χ0v) is 26.0. The first-order valence-electron chi connectivity index (χ1n) is 13.4. The summed E-state index contributed by atoms with van der Waals surface area (Å²) in [6.45, 7) is 16.5. The molecule has 2 aliphatic rings. The fourth-order valence-corrected chi connectivity index (χ4v) is 7.45. The molecule has 0 amide bonds. The molecule has 0 bridgehead atoms. The summed E-state index contributed by atoms with van der Waals surface area (Å²) in [4.78, 5) is 27.1. The molecule has 0 radical (unpaired) electrons. The number of hydrogen-bond donors (Lipinski definition) is 0. The van der Waals surface area contributed by atoms with Gasteiger partial charge in [0.15, 0.2) is 22.2 Å². The van der Waals surface area contributed by atoms with Crippen molar-refractivity contribution in [3.05, 3.63) is 35.9 Å². The molecule has 5 atom stereocenters. The van der Waals surface area contributed by atoms with Crippen LogP contribution in [0.15, 0.2) is 30.3 Å². The molecule has 1 aromatic rings. The Hall–Kier alpha value is -1.61. The molecule has 0 N–H and O–H groups in total. The molecule has 1 aromatic carbocycles.